The molecule has 0 radical (unpaired) electrons. The van der Waals surface area contributed by atoms with Crippen LogP contribution >= 0.6 is 0 Å². The first-order chi connectivity index (χ1) is 14.6. The molecule has 0 aliphatic carbocycles. The van der Waals surface area contributed by atoms with Crippen LogP contribution in [0.5, 0.6) is 5.75 Å². The fraction of sp³-hybridized carbons (Fsp3) is 0.545. The normalized spacial score (nSPS) is 23.6. The van der Waals surface area contributed by atoms with Crippen LogP contribution in [0.2, 0.25) is 0 Å². The molecule has 9 heteroatoms. The fourth-order valence-corrected chi connectivity index (χ4v) is 4.13. The molecular formula is C22H27N3O6. The summed E-state index contributed by atoms with van der Waals surface area (Å²) in [6.07, 6.45) is 0.737. The van der Waals surface area contributed by atoms with E-state index in [1.165, 1.54) is 4.90 Å². The highest BCUT2D eigenvalue weighted by molar-refractivity contribution is 6.05. The van der Waals surface area contributed by atoms with Crippen LogP contribution in [0.1, 0.15) is 56.0 Å². The van der Waals surface area contributed by atoms with Gasteiger partial charge in [-0.3, -0.25) is 19.7 Å². The molecule has 1 unspecified atom stereocenters. The largest absolute Gasteiger partial charge is 0.489 e. The quantitative estimate of drug-likeness (QED) is 0.735. The van der Waals surface area contributed by atoms with E-state index in [1.807, 2.05) is 26.8 Å². The fourth-order valence-electron chi connectivity index (χ4n) is 4.13. The van der Waals surface area contributed by atoms with Gasteiger partial charge in [-0.1, -0.05) is 0 Å². The smallest absolute Gasteiger partial charge is 0.410 e. The van der Waals surface area contributed by atoms with E-state index in [1.54, 1.807) is 17.0 Å². The molecule has 2 saturated heterocycles. The van der Waals surface area contributed by atoms with Crippen molar-refractivity contribution in [2.24, 2.45) is 0 Å². The molecule has 1 aromatic carbocycles. The minimum absolute atomic E-state index is 0.158. The maximum atomic E-state index is 12.8. The lowest BCUT2D eigenvalue weighted by atomic mass is 10.0. The monoisotopic (exact) mass is 429 g/mol. The summed E-state index contributed by atoms with van der Waals surface area (Å²) in [5, 5.41) is 2.30. The number of nitrogens with one attached hydrogen (secondary N) is 1. The van der Waals surface area contributed by atoms with E-state index in [-0.39, 0.29) is 30.4 Å². The number of carbonyl (C=O) groups is 4. The van der Waals surface area contributed by atoms with E-state index in [9.17, 15) is 19.2 Å². The van der Waals surface area contributed by atoms with Gasteiger partial charge >= 0.3 is 6.09 Å². The molecule has 4 rings (SSSR count). The van der Waals surface area contributed by atoms with Crippen LogP contribution in [0.15, 0.2) is 18.2 Å². The van der Waals surface area contributed by atoms with Gasteiger partial charge in [0, 0.05) is 31.5 Å². The number of fused-ring (bicyclic) bond motifs is 1. The molecule has 3 heterocycles. The van der Waals surface area contributed by atoms with Crippen LogP contribution in [0.3, 0.4) is 0 Å². The zero-order valence-corrected chi connectivity index (χ0v) is 18.0. The van der Waals surface area contributed by atoms with Gasteiger partial charge in [-0.2, -0.15) is 0 Å². The first-order valence-corrected chi connectivity index (χ1v) is 10.5. The van der Waals surface area contributed by atoms with E-state index >= 15 is 0 Å². The van der Waals surface area contributed by atoms with Gasteiger partial charge in [-0.15, -0.1) is 0 Å². The van der Waals surface area contributed by atoms with Crippen molar-refractivity contribution in [3.8, 4) is 5.75 Å². The van der Waals surface area contributed by atoms with Gasteiger partial charge in [0.05, 0.1) is 6.54 Å². The minimum atomic E-state index is -0.640. The maximum Gasteiger partial charge on any atom is 0.410 e. The second-order valence-corrected chi connectivity index (χ2v) is 9.17. The van der Waals surface area contributed by atoms with Crippen LogP contribution in [-0.2, 0) is 20.9 Å². The average molecular weight is 429 g/mol. The van der Waals surface area contributed by atoms with Crippen LogP contribution in [0.25, 0.3) is 0 Å². The molecule has 31 heavy (non-hydrogen) atoms. The molecule has 3 aliphatic heterocycles. The number of imide groups is 1. The SMILES string of the molecule is CC(C)(C)OC(=O)N1CC[C@H](Oc2ccc3c(c2)CN(C2CCC(=O)NC2=O)C3=O)C1. The summed E-state index contributed by atoms with van der Waals surface area (Å²) in [6, 6.07) is 4.62. The Morgan fingerprint density at radius 3 is 2.65 bits per heavy atom. The zero-order chi connectivity index (χ0) is 22.3. The molecule has 0 spiro atoms. The Balaban J connectivity index is 1.38. The van der Waals surface area contributed by atoms with Crippen molar-refractivity contribution in [2.45, 2.75) is 64.3 Å². The van der Waals surface area contributed by atoms with Gasteiger partial charge in [-0.25, -0.2) is 4.79 Å². The third kappa shape index (κ3) is 4.50. The number of piperidine rings is 1. The summed E-state index contributed by atoms with van der Waals surface area (Å²) in [5.74, 6) is -0.333. The molecule has 1 N–H and O–H groups in total. The molecule has 166 valence electrons. The van der Waals surface area contributed by atoms with Crippen molar-refractivity contribution in [3.05, 3.63) is 29.3 Å². The average Bonchev–Trinajstić information content (AvgIpc) is 3.25. The molecule has 0 saturated carbocycles. The standard InChI is InChI=1S/C22H27N3O6/c1-22(2,3)31-21(29)24-9-8-15(12-24)30-14-4-5-16-13(10-14)11-25(20(16)28)17-6-7-18(26)23-19(17)27/h4-5,10,15,17H,6-9,11-12H2,1-3H3,(H,23,26,27)/t15-,17?/m0/s1. The summed E-state index contributed by atoms with van der Waals surface area (Å²) < 4.78 is 11.5. The van der Waals surface area contributed by atoms with E-state index in [0.29, 0.717) is 43.8 Å². The third-order valence-corrected chi connectivity index (χ3v) is 5.59. The Morgan fingerprint density at radius 2 is 1.94 bits per heavy atom. The Morgan fingerprint density at radius 1 is 1.16 bits per heavy atom. The topological polar surface area (TPSA) is 105 Å². The van der Waals surface area contributed by atoms with Gasteiger partial charge in [0.25, 0.3) is 5.91 Å². The number of hydrogen-bond donors (Lipinski definition) is 1. The van der Waals surface area contributed by atoms with Crippen molar-refractivity contribution in [1.82, 2.24) is 15.1 Å². The number of ether oxygens (including phenoxy) is 2. The Hall–Kier alpha value is -3.10. The molecule has 2 atom stereocenters. The lowest BCUT2D eigenvalue weighted by Crippen LogP contribution is -2.52. The van der Waals surface area contributed by atoms with Crippen LogP contribution < -0.4 is 10.1 Å². The lowest BCUT2D eigenvalue weighted by molar-refractivity contribution is -0.136. The maximum absolute atomic E-state index is 12.8. The van der Waals surface area contributed by atoms with Gasteiger partial charge < -0.3 is 19.3 Å². The van der Waals surface area contributed by atoms with Gasteiger partial charge in [0.15, 0.2) is 0 Å². The van der Waals surface area contributed by atoms with Crippen LogP contribution in [0.4, 0.5) is 4.79 Å². The van der Waals surface area contributed by atoms with E-state index in [4.69, 9.17) is 9.47 Å². The molecule has 1 aromatic rings. The highest BCUT2D eigenvalue weighted by atomic mass is 16.6. The second kappa shape index (κ2) is 7.86. The molecule has 2 fully saturated rings. The van der Waals surface area contributed by atoms with E-state index < -0.39 is 17.6 Å². The van der Waals surface area contributed by atoms with Crippen molar-refractivity contribution in [2.75, 3.05) is 13.1 Å². The van der Waals surface area contributed by atoms with Crippen LogP contribution in [0, 0.1) is 0 Å². The molecule has 0 bridgehead atoms. The number of amides is 4. The Bertz CT molecular complexity index is 938. The highest BCUT2D eigenvalue weighted by Gasteiger charge is 2.39. The summed E-state index contributed by atoms with van der Waals surface area (Å²) in [4.78, 5) is 51.7. The summed E-state index contributed by atoms with van der Waals surface area (Å²) in [5.41, 5.74) is 0.782. The van der Waals surface area contributed by atoms with Gasteiger partial charge in [-0.05, 0) is 51.0 Å². The molecular weight excluding hydrogens is 402 g/mol. The molecule has 4 amide bonds. The Kier molecular flexibility index (Phi) is 5.36. The zero-order valence-electron chi connectivity index (χ0n) is 18.0. The number of nitrogens with zero attached hydrogens (tertiary/aromatic N) is 2. The molecule has 9 nitrogen and oxygen atoms in total. The second-order valence-electron chi connectivity index (χ2n) is 9.17. The van der Waals surface area contributed by atoms with Crippen LogP contribution in [-0.4, -0.2) is 64.5 Å². The van der Waals surface area contributed by atoms with Crippen molar-refractivity contribution >= 4 is 23.8 Å². The third-order valence-electron chi connectivity index (χ3n) is 5.59. The number of benzene rings is 1. The predicted octanol–water partition coefficient (Wildman–Crippen LogP) is 1.84. The predicted molar refractivity (Wildman–Crippen MR) is 109 cm³/mol. The first-order valence-electron chi connectivity index (χ1n) is 10.5. The minimum Gasteiger partial charge on any atom is -0.489 e. The van der Waals surface area contributed by atoms with Crippen molar-refractivity contribution in [3.63, 3.8) is 0 Å². The van der Waals surface area contributed by atoms with Crippen molar-refractivity contribution < 1.29 is 28.7 Å². The van der Waals surface area contributed by atoms with Gasteiger partial charge in [0.1, 0.15) is 23.5 Å². The Labute approximate surface area is 180 Å². The number of likely N-dealkylation sites (tertiary alicyclic amines) is 1. The summed E-state index contributed by atoms with van der Waals surface area (Å²) in [7, 11) is 0. The number of carbonyl (C=O) groups excluding carboxylic acids is 4. The summed E-state index contributed by atoms with van der Waals surface area (Å²) in [6.45, 7) is 6.79. The van der Waals surface area contributed by atoms with E-state index in [0.717, 1.165) is 5.56 Å². The highest BCUT2D eigenvalue weighted by Crippen LogP contribution is 2.31. The molecule has 0 aromatic heterocycles. The van der Waals surface area contributed by atoms with Crippen molar-refractivity contribution in [1.29, 1.82) is 0 Å². The number of hydrogen-bond acceptors (Lipinski definition) is 6. The number of rotatable bonds is 3. The first kappa shape index (κ1) is 21.1. The lowest BCUT2D eigenvalue weighted by Gasteiger charge is -2.29. The summed E-state index contributed by atoms with van der Waals surface area (Å²) >= 11 is 0. The molecule has 3 aliphatic rings. The van der Waals surface area contributed by atoms with E-state index in [2.05, 4.69) is 5.32 Å². The van der Waals surface area contributed by atoms with Gasteiger partial charge in [0.2, 0.25) is 11.8 Å².